The molecule has 2 aromatic carbocycles. The van der Waals surface area contributed by atoms with Gasteiger partial charge in [-0.2, -0.15) is 0 Å². The van der Waals surface area contributed by atoms with E-state index in [1.807, 2.05) is 25.1 Å². The highest BCUT2D eigenvalue weighted by atomic mass is 19.1. The van der Waals surface area contributed by atoms with E-state index in [2.05, 4.69) is 0 Å². The highest BCUT2D eigenvalue weighted by Gasteiger charge is 2.20. The van der Waals surface area contributed by atoms with E-state index in [1.165, 1.54) is 24.3 Å². The molecule has 0 radical (unpaired) electrons. The van der Waals surface area contributed by atoms with E-state index in [0.717, 1.165) is 5.56 Å². The number of carboxylic acids is 1. The van der Waals surface area contributed by atoms with Crippen LogP contribution in [0.15, 0.2) is 48.5 Å². The third-order valence-electron chi connectivity index (χ3n) is 2.97. The molecule has 0 aliphatic carbocycles. The van der Waals surface area contributed by atoms with Crippen LogP contribution in [0.25, 0.3) is 0 Å². The maximum atomic E-state index is 12.8. The van der Waals surface area contributed by atoms with Crippen LogP contribution in [0, 0.1) is 12.7 Å². The van der Waals surface area contributed by atoms with Crippen molar-refractivity contribution in [2.45, 2.75) is 12.8 Å². The Hall–Kier alpha value is -2.36. The second kappa shape index (κ2) is 6.19. The fraction of sp³-hybridized carbons (Fsp3) is 0.188. The molecule has 20 heavy (non-hydrogen) atoms. The van der Waals surface area contributed by atoms with Gasteiger partial charge in [0.1, 0.15) is 24.1 Å². The quantitative estimate of drug-likeness (QED) is 0.909. The predicted molar refractivity (Wildman–Crippen MR) is 73.5 cm³/mol. The summed E-state index contributed by atoms with van der Waals surface area (Å²) in [7, 11) is 0. The highest BCUT2D eigenvalue weighted by Crippen LogP contribution is 2.20. The van der Waals surface area contributed by atoms with Gasteiger partial charge in [0, 0.05) is 0 Å². The van der Waals surface area contributed by atoms with Crippen molar-refractivity contribution in [3.8, 4) is 5.75 Å². The first-order valence-electron chi connectivity index (χ1n) is 6.24. The molecule has 0 aliphatic rings. The van der Waals surface area contributed by atoms with E-state index >= 15 is 0 Å². The fourth-order valence-electron chi connectivity index (χ4n) is 1.91. The van der Waals surface area contributed by atoms with E-state index < -0.39 is 11.9 Å². The van der Waals surface area contributed by atoms with Crippen LogP contribution < -0.4 is 4.74 Å². The number of carbonyl (C=O) groups is 1. The number of benzene rings is 2. The number of hydrogen-bond acceptors (Lipinski definition) is 2. The second-order valence-corrected chi connectivity index (χ2v) is 4.57. The summed E-state index contributed by atoms with van der Waals surface area (Å²) in [6.07, 6.45) is 0. The molecule has 0 fully saturated rings. The molecule has 1 N–H and O–H groups in total. The van der Waals surface area contributed by atoms with Gasteiger partial charge >= 0.3 is 5.97 Å². The summed E-state index contributed by atoms with van der Waals surface area (Å²) in [6, 6.07) is 12.8. The number of carboxylic acid groups (broad SMARTS) is 1. The minimum atomic E-state index is -0.947. The average molecular weight is 274 g/mol. The lowest BCUT2D eigenvalue weighted by atomic mass is 9.98. The van der Waals surface area contributed by atoms with Gasteiger partial charge in [-0.3, -0.25) is 4.79 Å². The minimum Gasteiger partial charge on any atom is -0.492 e. The number of halogens is 1. The third kappa shape index (κ3) is 3.57. The maximum absolute atomic E-state index is 12.8. The summed E-state index contributed by atoms with van der Waals surface area (Å²) in [5, 5.41) is 9.30. The predicted octanol–water partition coefficient (Wildman–Crippen LogP) is 3.38. The van der Waals surface area contributed by atoms with Crippen molar-refractivity contribution >= 4 is 5.97 Å². The van der Waals surface area contributed by atoms with Gasteiger partial charge in [-0.05, 0) is 36.8 Å². The second-order valence-electron chi connectivity index (χ2n) is 4.57. The standard InChI is InChI=1S/C16H15FO3/c1-11-3-2-4-12(9-11)15(16(18)19)10-20-14-7-5-13(17)6-8-14/h2-9,15H,10H2,1H3,(H,18,19). The van der Waals surface area contributed by atoms with Crippen LogP contribution in [0.3, 0.4) is 0 Å². The first-order valence-corrected chi connectivity index (χ1v) is 6.24. The van der Waals surface area contributed by atoms with E-state index in [4.69, 9.17) is 4.74 Å². The number of aryl methyl sites for hydroxylation is 1. The summed E-state index contributed by atoms with van der Waals surface area (Å²) in [4.78, 5) is 11.3. The summed E-state index contributed by atoms with van der Waals surface area (Å²) in [5.41, 5.74) is 1.69. The highest BCUT2D eigenvalue weighted by molar-refractivity contribution is 5.76. The van der Waals surface area contributed by atoms with Crippen LogP contribution in [0.1, 0.15) is 17.0 Å². The normalized spacial score (nSPS) is 11.9. The lowest BCUT2D eigenvalue weighted by molar-refractivity contribution is -0.139. The zero-order chi connectivity index (χ0) is 14.5. The molecule has 2 aromatic rings. The summed E-state index contributed by atoms with van der Waals surface area (Å²) >= 11 is 0. The number of hydrogen-bond donors (Lipinski definition) is 1. The largest absolute Gasteiger partial charge is 0.492 e. The molecule has 0 bridgehead atoms. The lowest BCUT2D eigenvalue weighted by Crippen LogP contribution is -2.19. The molecule has 0 aliphatic heterocycles. The number of ether oxygens (including phenoxy) is 1. The summed E-state index contributed by atoms with van der Waals surface area (Å²) in [5.74, 6) is -1.60. The molecule has 1 atom stereocenters. The molecule has 0 saturated heterocycles. The van der Waals surface area contributed by atoms with Crippen molar-refractivity contribution in [2.24, 2.45) is 0 Å². The van der Waals surface area contributed by atoms with Gasteiger partial charge in [-0.25, -0.2) is 4.39 Å². The Balaban J connectivity index is 2.10. The van der Waals surface area contributed by atoms with Gasteiger partial charge < -0.3 is 9.84 Å². The van der Waals surface area contributed by atoms with Crippen molar-refractivity contribution in [2.75, 3.05) is 6.61 Å². The van der Waals surface area contributed by atoms with Gasteiger partial charge in [0.05, 0.1) is 0 Å². The number of rotatable bonds is 5. The fourth-order valence-corrected chi connectivity index (χ4v) is 1.91. The Bertz CT molecular complexity index is 593. The van der Waals surface area contributed by atoms with Crippen molar-refractivity contribution in [1.29, 1.82) is 0 Å². The molecule has 0 aromatic heterocycles. The zero-order valence-electron chi connectivity index (χ0n) is 11.0. The molecule has 1 unspecified atom stereocenters. The number of aliphatic carboxylic acids is 1. The van der Waals surface area contributed by atoms with E-state index in [1.54, 1.807) is 6.07 Å². The molecule has 4 heteroatoms. The van der Waals surface area contributed by atoms with Crippen LogP contribution in [0.2, 0.25) is 0 Å². The van der Waals surface area contributed by atoms with Gasteiger partial charge in [-0.15, -0.1) is 0 Å². The van der Waals surface area contributed by atoms with Crippen LogP contribution >= 0.6 is 0 Å². The maximum Gasteiger partial charge on any atom is 0.314 e. The van der Waals surface area contributed by atoms with E-state index in [9.17, 15) is 14.3 Å². The van der Waals surface area contributed by atoms with Crippen molar-refractivity contribution in [3.05, 3.63) is 65.5 Å². The van der Waals surface area contributed by atoms with Crippen molar-refractivity contribution < 1.29 is 19.0 Å². The van der Waals surface area contributed by atoms with E-state index in [-0.39, 0.29) is 12.4 Å². The molecule has 0 saturated carbocycles. The summed E-state index contributed by atoms with van der Waals surface area (Å²) < 4.78 is 18.2. The molecular formula is C16H15FO3. The van der Waals surface area contributed by atoms with Crippen LogP contribution in [-0.4, -0.2) is 17.7 Å². The Morgan fingerprint density at radius 3 is 2.55 bits per heavy atom. The molecule has 3 nitrogen and oxygen atoms in total. The molecule has 104 valence electrons. The lowest BCUT2D eigenvalue weighted by Gasteiger charge is -2.14. The van der Waals surface area contributed by atoms with Gasteiger partial charge in [0.25, 0.3) is 0 Å². The first kappa shape index (κ1) is 14.1. The monoisotopic (exact) mass is 274 g/mol. The first-order chi connectivity index (χ1) is 9.56. The van der Waals surface area contributed by atoms with Crippen LogP contribution in [0.5, 0.6) is 5.75 Å². The van der Waals surface area contributed by atoms with Gasteiger partial charge in [-0.1, -0.05) is 29.8 Å². The van der Waals surface area contributed by atoms with Crippen molar-refractivity contribution in [1.82, 2.24) is 0 Å². The SMILES string of the molecule is Cc1cccc(C(COc2ccc(F)cc2)C(=O)O)c1. The Morgan fingerprint density at radius 1 is 1.25 bits per heavy atom. The summed E-state index contributed by atoms with van der Waals surface area (Å²) in [6.45, 7) is 1.91. The molecule has 2 rings (SSSR count). The Morgan fingerprint density at radius 2 is 1.95 bits per heavy atom. The smallest absolute Gasteiger partial charge is 0.314 e. The van der Waals surface area contributed by atoms with Gasteiger partial charge in [0.15, 0.2) is 0 Å². The molecule has 0 amide bonds. The molecule has 0 heterocycles. The van der Waals surface area contributed by atoms with Crippen LogP contribution in [-0.2, 0) is 4.79 Å². The topological polar surface area (TPSA) is 46.5 Å². The van der Waals surface area contributed by atoms with E-state index in [0.29, 0.717) is 11.3 Å². The minimum absolute atomic E-state index is 0.00438. The third-order valence-corrected chi connectivity index (χ3v) is 2.97. The Labute approximate surface area is 116 Å². The van der Waals surface area contributed by atoms with Crippen LogP contribution in [0.4, 0.5) is 4.39 Å². The van der Waals surface area contributed by atoms with Gasteiger partial charge in [0.2, 0.25) is 0 Å². The van der Waals surface area contributed by atoms with Crippen molar-refractivity contribution in [3.63, 3.8) is 0 Å². The Kier molecular flexibility index (Phi) is 4.35. The average Bonchev–Trinajstić information content (AvgIpc) is 2.41. The molecular weight excluding hydrogens is 259 g/mol. The molecule has 0 spiro atoms. The zero-order valence-corrected chi connectivity index (χ0v) is 11.0.